The Balaban J connectivity index is 4.87. The van der Waals surface area contributed by atoms with Crippen LogP contribution < -0.4 is 0 Å². The van der Waals surface area contributed by atoms with Gasteiger partial charge >= 0.3 is 17.9 Å². The fraction of sp³-hybridized carbons (Fsp3) is 0.100. The van der Waals surface area contributed by atoms with Crippen LogP contribution in [0.5, 0.6) is 0 Å². The maximum Gasteiger partial charge on any atom is 0.337 e. The molecule has 6 heteroatoms. The van der Waals surface area contributed by atoms with Crippen molar-refractivity contribution in [2.45, 2.75) is 0 Å². The first-order valence-corrected chi connectivity index (χ1v) is 4.08. The molecule has 6 nitrogen and oxygen atoms in total. The summed E-state index contributed by atoms with van der Waals surface area (Å²) in [6.45, 7) is 0. The van der Waals surface area contributed by atoms with E-state index in [1.54, 1.807) is 0 Å². The normalized spacial score (nSPS) is 11.9. The molecule has 16 heavy (non-hydrogen) atoms. The van der Waals surface area contributed by atoms with Crippen molar-refractivity contribution in [3.63, 3.8) is 0 Å². The molecule has 0 aromatic heterocycles. The Bertz CT molecular complexity index is 375. The molecule has 0 bridgehead atoms. The zero-order chi connectivity index (χ0) is 12.6. The molecule has 0 aromatic rings. The topological polar surface area (TPSA) is 101 Å². The number of carboxylic acid groups (broad SMARTS) is 2. The van der Waals surface area contributed by atoms with Gasteiger partial charge in [-0.2, -0.15) is 0 Å². The van der Waals surface area contributed by atoms with Gasteiger partial charge in [0.2, 0.25) is 0 Å². The Hall–Kier alpha value is -2.37. The maximum atomic E-state index is 11.1. The summed E-state index contributed by atoms with van der Waals surface area (Å²) in [6.07, 6.45) is 4.80. The Morgan fingerprint density at radius 1 is 1.00 bits per heavy atom. The number of allylic oxidation sites excluding steroid dienone is 2. The highest BCUT2D eigenvalue weighted by molar-refractivity contribution is 5.94. The summed E-state index contributed by atoms with van der Waals surface area (Å²) < 4.78 is 4.37. The molecule has 2 N–H and O–H groups in total. The van der Waals surface area contributed by atoms with Crippen LogP contribution in [0.2, 0.25) is 0 Å². The van der Waals surface area contributed by atoms with Gasteiger partial charge in [0.1, 0.15) is 0 Å². The smallest absolute Gasteiger partial charge is 0.337 e. The zero-order valence-electron chi connectivity index (χ0n) is 8.41. The standard InChI is InChI=1S/C10H10O6/c1-16-10(15)7(5-6-9(13)14)3-2-4-8(11)12/h2-6H,1H3,(H,11,12)(H,13,14). The molecule has 0 aliphatic heterocycles. The molecule has 0 heterocycles. The Kier molecular flexibility index (Phi) is 5.96. The third kappa shape index (κ3) is 6.14. The van der Waals surface area contributed by atoms with Crippen molar-refractivity contribution in [3.05, 3.63) is 36.0 Å². The van der Waals surface area contributed by atoms with E-state index >= 15 is 0 Å². The molecular formula is C10H10O6. The Labute approximate surface area is 91.1 Å². The summed E-state index contributed by atoms with van der Waals surface area (Å²) >= 11 is 0. The minimum Gasteiger partial charge on any atom is -0.478 e. The van der Waals surface area contributed by atoms with Crippen molar-refractivity contribution in [3.8, 4) is 0 Å². The fourth-order valence-corrected chi connectivity index (χ4v) is 0.705. The summed E-state index contributed by atoms with van der Waals surface area (Å²) in [5.74, 6) is -3.16. The number of hydrogen-bond acceptors (Lipinski definition) is 4. The highest BCUT2D eigenvalue weighted by Crippen LogP contribution is 2.00. The molecule has 0 rings (SSSR count). The quantitative estimate of drug-likeness (QED) is 0.399. The van der Waals surface area contributed by atoms with Crippen LogP contribution in [0.3, 0.4) is 0 Å². The van der Waals surface area contributed by atoms with Gasteiger partial charge in [-0.15, -0.1) is 0 Å². The van der Waals surface area contributed by atoms with E-state index in [1.807, 2.05) is 0 Å². The number of hydrogen-bond donors (Lipinski definition) is 2. The zero-order valence-corrected chi connectivity index (χ0v) is 8.41. The first kappa shape index (κ1) is 13.6. The van der Waals surface area contributed by atoms with E-state index in [2.05, 4.69) is 4.74 Å². The molecule has 0 radical (unpaired) electrons. The second-order valence-corrected chi connectivity index (χ2v) is 2.48. The highest BCUT2D eigenvalue weighted by atomic mass is 16.5. The van der Waals surface area contributed by atoms with Crippen molar-refractivity contribution in [2.24, 2.45) is 0 Å². The van der Waals surface area contributed by atoms with Crippen LogP contribution in [0.1, 0.15) is 0 Å². The molecule has 0 saturated heterocycles. The molecule has 0 atom stereocenters. The molecule has 0 aromatic carbocycles. The maximum absolute atomic E-state index is 11.1. The van der Waals surface area contributed by atoms with Crippen LogP contribution in [-0.4, -0.2) is 35.2 Å². The van der Waals surface area contributed by atoms with E-state index < -0.39 is 17.9 Å². The first-order chi connectivity index (χ1) is 7.47. The lowest BCUT2D eigenvalue weighted by atomic mass is 10.2. The van der Waals surface area contributed by atoms with E-state index in [1.165, 1.54) is 0 Å². The molecule has 0 aliphatic rings. The number of carbonyl (C=O) groups is 3. The minimum atomic E-state index is -1.22. The largest absolute Gasteiger partial charge is 0.478 e. The van der Waals surface area contributed by atoms with Gasteiger partial charge in [-0.1, -0.05) is 6.08 Å². The van der Waals surface area contributed by atoms with Gasteiger partial charge in [0.05, 0.1) is 12.7 Å². The summed E-state index contributed by atoms with van der Waals surface area (Å²) in [6, 6.07) is 0. The van der Waals surface area contributed by atoms with Crippen molar-refractivity contribution < 1.29 is 29.3 Å². The van der Waals surface area contributed by atoms with Gasteiger partial charge < -0.3 is 14.9 Å². The second kappa shape index (κ2) is 6.99. The summed E-state index contributed by atoms with van der Waals surface area (Å²) in [7, 11) is 1.13. The third-order valence-electron chi connectivity index (χ3n) is 1.34. The number of carbonyl (C=O) groups excluding carboxylic acids is 1. The molecule has 0 amide bonds. The second-order valence-electron chi connectivity index (χ2n) is 2.48. The van der Waals surface area contributed by atoms with Crippen LogP contribution in [-0.2, 0) is 19.1 Å². The van der Waals surface area contributed by atoms with E-state index in [4.69, 9.17) is 10.2 Å². The summed E-state index contributed by atoms with van der Waals surface area (Å²) in [4.78, 5) is 31.4. The molecule has 0 spiro atoms. The monoisotopic (exact) mass is 226 g/mol. The van der Waals surface area contributed by atoms with Crippen molar-refractivity contribution in [2.75, 3.05) is 7.11 Å². The van der Waals surface area contributed by atoms with Gasteiger partial charge in [0.25, 0.3) is 0 Å². The van der Waals surface area contributed by atoms with Crippen LogP contribution >= 0.6 is 0 Å². The number of ether oxygens (including phenoxy) is 1. The molecular weight excluding hydrogens is 216 g/mol. The molecule has 0 aliphatic carbocycles. The fourth-order valence-electron chi connectivity index (χ4n) is 0.705. The number of esters is 1. The van der Waals surface area contributed by atoms with Crippen LogP contribution in [0.15, 0.2) is 36.0 Å². The first-order valence-electron chi connectivity index (χ1n) is 4.08. The number of methoxy groups -OCH3 is 1. The SMILES string of the molecule is COC(=O)C(C=CC(=O)O)=CC=CC(=O)O. The van der Waals surface area contributed by atoms with Crippen molar-refractivity contribution in [1.29, 1.82) is 0 Å². The highest BCUT2D eigenvalue weighted by Gasteiger charge is 2.04. The average Bonchev–Trinajstić information content (AvgIpc) is 2.21. The predicted octanol–water partition coefficient (Wildman–Crippen LogP) is 0.367. The Morgan fingerprint density at radius 2 is 1.56 bits per heavy atom. The number of rotatable bonds is 5. The lowest BCUT2D eigenvalue weighted by Gasteiger charge is -1.97. The number of carboxylic acids is 2. The molecule has 0 unspecified atom stereocenters. The molecule has 0 saturated carbocycles. The van der Waals surface area contributed by atoms with Crippen molar-refractivity contribution in [1.82, 2.24) is 0 Å². The lowest BCUT2D eigenvalue weighted by molar-refractivity contribution is -0.135. The lowest BCUT2D eigenvalue weighted by Crippen LogP contribution is -2.03. The average molecular weight is 226 g/mol. The Morgan fingerprint density at radius 3 is 2.00 bits per heavy atom. The predicted molar refractivity (Wildman–Crippen MR) is 53.7 cm³/mol. The molecule has 0 fully saturated rings. The van der Waals surface area contributed by atoms with Gasteiger partial charge in [-0.3, -0.25) is 0 Å². The van der Waals surface area contributed by atoms with E-state index in [9.17, 15) is 14.4 Å². The number of aliphatic carboxylic acids is 2. The van der Waals surface area contributed by atoms with Crippen LogP contribution in [0.4, 0.5) is 0 Å². The van der Waals surface area contributed by atoms with Crippen LogP contribution in [0.25, 0.3) is 0 Å². The van der Waals surface area contributed by atoms with Crippen LogP contribution in [0, 0.1) is 0 Å². The van der Waals surface area contributed by atoms with Gasteiger partial charge in [-0.25, -0.2) is 14.4 Å². The van der Waals surface area contributed by atoms with Crippen molar-refractivity contribution >= 4 is 17.9 Å². The third-order valence-corrected chi connectivity index (χ3v) is 1.34. The van der Waals surface area contributed by atoms with E-state index in [0.29, 0.717) is 0 Å². The summed E-state index contributed by atoms with van der Waals surface area (Å²) in [5.41, 5.74) is -0.0672. The van der Waals surface area contributed by atoms with Gasteiger partial charge in [0, 0.05) is 12.2 Å². The van der Waals surface area contributed by atoms with E-state index in [0.717, 1.165) is 37.5 Å². The minimum absolute atomic E-state index is 0.0672. The summed E-state index contributed by atoms with van der Waals surface area (Å²) in [5, 5.41) is 16.6. The molecule has 86 valence electrons. The van der Waals surface area contributed by atoms with Gasteiger partial charge in [0.15, 0.2) is 0 Å². The van der Waals surface area contributed by atoms with E-state index in [-0.39, 0.29) is 5.57 Å². The van der Waals surface area contributed by atoms with Gasteiger partial charge in [-0.05, 0) is 12.2 Å².